The Morgan fingerprint density at radius 1 is 0.964 bits per heavy atom. The highest BCUT2D eigenvalue weighted by Gasteiger charge is 2.11. The molecule has 0 aliphatic carbocycles. The van der Waals surface area contributed by atoms with E-state index in [1.807, 2.05) is 48.5 Å². The molecule has 1 aromatic heterocycles. The average Bonchev–Trinajstić information content (AvgIpc) is 2.69. The first-order valence-corrected chi connectivity index (χ1v) is 10.3. The lowest BCUT2D eigenvalue weighted by Gasteiger charge is -2.12. The second-order valence-corrected chi connectivity index (χ2v) is 8.29. The van der Waals surface area contributed by atoms with Gasteiger partial charge in [0.2, 0.25) is 0 Å². The van der Waals surface area contributed by atoms with Crippen LogP contribution in [0.15, 0.2) is 76.0 Å². The summed E-state index contributed by atoms with van der Waals surface area (Å²) in [5.74, 6) is 0.215. The number of nitrogens with zero attached hydrogens (tertiary/aromatic N) is 2. The normalized spacial score (nSPS) is 11.4. The van der Waals surface area contributed by atoms with Crippen LogP contribution in [0.5, 0.6) is 0 Å². The molecule has 0 saturated heterocycles. The number of hydrogen-bond donors (Lipinski definition) is 0. The van der Waals surface area contributed by atoms with Gasteiger partial charge in [-0.3, -0.25) is 9.36 Å². The summed E-state index contributed by atoms with van der Waals surface area (Å²) in [6.07, 6.45) is 3.59. The summed E-state index contributed by atoms with van der Waals surface area (Å²) >= 11 is 5.61. The molecule has 0 radical (unpaired) electrons. The Kier molecular flexibility index (Phi) is 5.41. The van der Waals surface area contributed by atoms with Crippen molar-refractivity contribution in [1.29, 1.82) is 0 Å². The molecular weight excluding hydrogens is 534 g/mol. The Bertz CT molecular complexity index is 1250. The van der Waals surface area contributed by atoms with E-state index >= 15 is 0 Å². The maximum atomic E-state index is 13.3. The molecular formula is C22H13BrFIN2O. The fourth-order valence-corrected chi connectivity index (χ4v) is 3.63. The molecule has 3 nitrogen and oxygen atoms in total. The molecule has 138 valence electrons. The third-order valence-electron chi connectivity index (χ3n) is 4.24. The Labute approximate surface area is 182 Å². The number of fused-ring (bicyclic) bond motifs is 1. The third-order valence-corrected chi connectivity index (χ3v) is 5.44. The summed E-state index contributed by atoms with van der Waals surface area (Å²) in [4.78, 5) is 18.0. The molecule has 0 unspecified atom stereocenters. The van der Waals surface area contributed by atoms with Crippen LogP contribution in [0.1, 0.15) is 11.4 Å². The van der Waals surface area contributed by atoms with Crippen molar-refractivity contribution in [3.05, 3.63) is 102 Å². The number of aromatic nitrogens is 2. The van der Waals surface area contributed by atoms with Gasteiger partial charge >= 0.3 is 0 Å². The van der Waals surface area contributed by atoms with E-state index in [0.717, 1.165) is 19.3 Å². The molecule has 4 aromatic rings. The molecule has 0 spiro atoms. The Morgan fingerprint density at radius 3 is 2.39 bits per heavy atom. The highest BCUT2D eigenvalue weighted by atomic mass is 127. The first kappa shape index (κ1) is 19.0. The Hall–Kier alpha value is -2.32. The topological polar surface area (TPSA) is 34.9 Å². The number of benzene rings is 3. The first-order valence-electron chi connectivity index (χ1n) is 8.43. The summed E-state index contributed by atoms with van der Waals surface area (Å²) in [6.45, 7) is 0. The molecule has 0 aliphatic rings. The zero-order valence-electron chi connectivity index (χ0n) is 14.4. The van der Waals surface area contributed by atoms with Crippen molar-refractivity contribution in [3.63, 3.8) is 0 Å². The summed E-state index contributed by atoms with van der Waals surface area (Å²) in [6, 6.07) is 19.3. The average molecular weight is 547 g/mol. The van der Waals surface area contributed by atoms with Gasteiger partial charge in [0.05, 0.1) is 16.6 Å². The van der Waals surface area contributed by atoms with Crippen LogP contribution in [0.2, 0.25) is 0 Å². The molecule has 0 bridgehead atoms. The van der Waals surface area contributed by atoms with Crippen molar-refractivity contribution in [1.82, 2.24) is 9.55 Å². The lowest BCUT2D eigenvalue weighted by atomic mass is 10.2. The quantitative estimate of drug-likeness (QED) is 0.293. The van der Waals surface area contributed by atoms with Crippen LogP contribution in [0.3, 0.4) is 0 Å². The second kappa shape index (κ2) is 7.97. The van der Waals surface area contributed by atoms with Gasteiger partial charge in [-0.1, -0.05) is 34.1 Å². The Morgan fingerprint density at radius 2 is 1.68 bits per heavy atom. The molecule has 0 aliphatic heterocycles. The molecule has 0 atom stereocenters. The predicted molar refractivity (Wildman–Crippen MR) is 123 cm³/mol. The third kappa shape index (κ3) is 3.93. The van der Waals surface area contributed by atoms with Crippen LogP contribution in [-0.2, 0) is 0 Å². The van der Waals surface area contributed by atoms with Gasteiger partial charge in [0, 0.05) is 8.04 Å². The van der Waals surface area contributed by atoms with Crippen molar-refractivity contribution in [2.45, 2.75) is 0 Å². The van der Waals surface area contributed by atoms with Crippen molar-refractivity contribution in [2.24, 2.45) is 0 Å². The summed E-state index contributed by atoms with van der Waals surface area (Å²) in [7, 11) is 0. The molecule has 4 rings (SSSR count). The smallest absolute Gasteiger partial charge is 0.266 e. The van der Waals surface area contributed by atoms with E-state index in [-0.39, 0.29) is 11.4 Å². The summed E-state index contributed by atoms with van der Waals surface area (Å²) in [5, 5.41) is 0.564. The molecule has 0 saturated carbocycles. The van der Waals surface area contributed by atoms with Gasteiger partial charge in [-0.05, 0) is 88.8 Å². The van der Waals surface area contributed by atoms with E-state index in [9.17, 15) is 9.18 Å². The minimum atomic E-state index is -0.289. The van der Waals surface area contributed by atoms with E-state index < -0.39 is 0 Å². The molecule has 0 fully saturated rings. The standard InChI is InChI=1S/C22H13BrFIN2O/c23-15-4-9-18(10-5-15)27-21(12-3-14-1-6-16(24)7-2-14)26-20-11-8-17(25)13-19(20)22(27)28/h1-13H. The van der Waals surface area contributed by atoms with Crippen molar-refractivity contribution < 1.29 is 4.39 Å². The van der Waals surface area contributed by atoms with Gasteiger partial charge in [-0.2, -0.15) is 0 Å². The number of hydrogen-bond acceptors (Lipinski definition) is 2. The zero-order valence-corrected chi connectivity index (χ0v) is 18.2. The first-order chi connectivity index (χ1) is 13.5. The van der Waals surface area contributed by atoms with E-state index in [0.29, 0.717) is 16.7 Å². The summed E-state index contributed by atoms with van der Waals surface area (Å²) in [5.41, 5.74) is 2.04. The summed E-state index contributed by atoms with van der Waals surface area (Å²) < 4.78 is 16.6. The highest BCUT2D eigenvalue weighted by Crippen LogP contribution is 2.19. The monoisotopic (exact) mass is 546 g/mol. The van der Waals surface area contributed by atoms with Gasteiger partial charge in [0.15, 0.2) is 0 Å². The number of rotatable bonds is 3. The molecule has 1 heterocycles. The molecule has 6 heteroatoms. The van der Waals surface area contributed by atoms with Crippen LogP contribution < -0.4 is 5.56 Å². The van der Waals surface area contributed by atoms with E-state index in [4.69, 9.17) is 4.98 Å². The minimum Gasteiger partial charge on any atom is -0.268 e. The maximum absolute atomic E-state index is 13.3. The van der Waals surface area contributed by atoms with E-state index in [1.54, 1.807) is 22.8 Å². The fraction of sp³-hybridized carbons (Fsp3) is 0. The van der Waals surface area contributed by atoms with Crippen LogP contribution >= 0.6 is 38.5 Å². The van der Waals surface area contributed by atoms with Gasteiger partial charge in [0.25, 0.3) is 5.56 Å². The van der Waals surface area contributed by atoms with Gasteiger partial charge in [-0.15, -0.1) is 0 Å². The Balaban J connectivity index is 1.93. The maximum Gasteiger partial charge on any atom is 0.266 e. The predicted octanol–water partition coefficient (Wildman–Crippen LogP) is 6.06. The molecule has 3 aromatic carbocycles. The van der Waals surface area contributed by atoms with Gasteiger partial charge in [-0.25, -0.2) is 9.37 Å². The van der Waals surface area contributed by atoms with Crippen LogP contribution in [0.4, 0.5) is 4.39 Å². The zero-order chi connectivity index (χ0) is 19.7. The van der Waals surface area contributed by atoms with Crippen LogP contribution in [-0.4, -0.2) is 9.55 Å². The van der Waals surface area contributed by atoms with Crippen molar-refractivity contribution >= 4 is 61.6 Å². The van der Waals surface area contributed by atoms with E-state index in [1.165, 1.54) is 12.1 Å². The number of halogens is 3. The lowest BCUT2D eigenvalue weighted by Crippen LogP contribution is -2.22. The minimum absolute atomic E-state index is 0.135. The molecule has 0 N–H and O–H groups in total. The molecule has 28 heavy (non-hydrogen) atoms. The van der Waals surface area contributed by atoms with Gasteiger partial charge < -0.3 is 0 Å². The largest absolute Gasteiger partial charge is 0.268 e. The SMILES string of the molecule is O=c1c2cc(I)ccc2nc(C=Cc2ccc(F)cc2)n1-c1ccc(Br)cc1. The van der Waals surface area contributed by atoms with Crippen molar-refractivity contribution in [2.75, 3.05) is 0 Å². The van der Waals surface area contributed by atoms with Crippen LogP contribution in [0.25, 0.3) is 28.7 Å². The molecule has 0 amide bonds. The fourth-order valence-electron chi connectivity index (χ4n) is 2.87. The lowest BCUT2D eigenvalue weighted by molar-refractivity contribution is 0.628. The van der Waals surface area contributed by atoms with Gasteiger partial charge in [0.1, 0.15) is 11.6 Å². The van der Waals surface area contributed by atoms with Crippen molar-refractivity contribution in [3.8, 4) is 5.69 Å². The second-order valence-electron chi connectivity index (χ2n) is 6.13. The van der Waals surface area contributed by atoms with E-state index in [2.05, 4.69) is 38.5 Å². The van der Waals surface area contributed by atoms with Crippen LogP contribution in [0, 0.1) is 9.39 Å². The highest BCUT2D eigenvalue weighted by molar-refractivity contribution is 14.1.